The molecule has 0 aliphatic rings. The molecule has 1 aromatic heterocycles. The van der Waals surface area contributed by atoms with Gasteiger partial charge in [-0.1, -0.05) is 35.9 Å². The van der Waals surface area contributed by atoms with E-state index >= 15 is 0 Å². The summed E-state index contributed by atoms with van der Waals surface area (Å²) in [5.74, 6) is 0. The highest BCUT2D eigenvalue weighted by molar-refractivity contribution is 7.21. The standard InChI is InChI=1S/C15H9ClOS/c16-11-5-3-4-10(8-11)15-9-13(17)12-6-1-2-7-14(12)18-15/h1-9H. The molecule has 0 N–H and O–H groups in total. The molecule has 2 aromatic carbocycles. The maximum Gasteiger partial charge on any atom is 0.188 e. The predicted octanol–water partition coefficient (Wildman–Crippen LogP) is 4.58. The molecule has 0 radical (unpaired) electrons. The minimum Gasteiger partial charge on any atom is -0.289 e. The number of fused-ring (bicyclic) bond motifs is 1. The van der Waals surface area contributed by atoms with Crippen molar-refractivity contribution in [3.05, 3.63) is 69.8 Å². The van der Waals surface area contributed by atoms with Crippen molar-refractivity contribution in [2.24, 2.45) is 0 Å². The van der Waals surface area contributed by atoms with Crippen LogP contribution in [-0.4, -0.2) is 0 Å². The summed E-state index contributed by atoms with van der Waals surface area (Å²) in [4.78, 5) is 13.0. The zero-order valence-electron chi connectivity index (χ0n) is 9.39. The average molecular weight is 273 g/mol. The van der Waals surface area contributed by atoms with Crippen LogP contribution < -0.4 is 5.43 Å². The van der Waals surface area contributed by atoms with Crippen LogP contribution in [-0.2, 0) is 0 Å². The fourth-order valence-electron chi connectivity index (χ4n) is 1.89. The van der Waals surface area contributed by atoms with Crippen molar-refractivity contribution in [2.75, 3.05) is 0 Å². The Morgan fingerprint density at radius 2 is 1.78 bits per heavy atom. The van der Waals surface area contributed by atoms with E-state index in [-0.39, 0.29) is 5.43 Å². The second-order valence-corrected chi connectivity index (χ2v) is 5.50. The summed E-state index contributed by atoms with van der Waals surface area (Å²) >= 11 is 7.58. The Balaban J connectivity index is 2.28. The molecule has 88 valence electrons. The smallest absolute Gasteiger partial charge is 0.188 e. The van der Waals surface area contributed by atoms with Crippen molar-refractivity contribution in [1.29, 1.82) is 0 Å². The van der Waals surface area contributed by atoms with E-state index in [2.05, 4.69) is 0 Å². The molecule has 0 aliphatic heterocycles. The lowest BCUT2D eigenvalue weighted by atomic mass is 10.2. The van der Waals surface area contributed by atoms with E-state index in [1.165, 1.54) is 0 Å². The van der Waals surface area contributed by atoms with Gasteiger partial charge < -0.3 is 0 Å². The highest BCUT2D eigenvalue weighted by atomic mass is 35.5. The third-order valence-electron chi connectivity index (χ3n) is 2.74. The van der Waals surface area contributed by atoms with Gasteiger partial charge in [-0.15, -0.1) is 11.3 Å². The van der Waals surface area contributed by atoms with E-state index in [0.29, 0.717) is 5.02 Å². The molecule has 0 fully saturated rings. The molecule has 0 bridgehead atoms. The minimum atomic E-state index is 0.0549. The first-order valence-corrected chi connectivity index (χ1v) is 6.72. The topological polar surface area (TPSA) is 17.1 Å². The lowest BCUT2D eigenvalue weighted by Gasteiger charge is -2.03. The van der Waals surface area contributed by atoms with Gasteiger partial charge in [0.05, 0.1) is 0 Å². The molecule has 0 spiro atoms. The predicted molar refractivity (Wildman–Crippen MR) is 78.5 cm³/mol. The largest absolute Gasteiger partial charge is 0.289 e. The minimum absolute atomic E-state index is 0.0549. The van der Waals surface area contributed by atoms with Crippen molar-refractivity contribution in [1.82, 2.24) is 0 Å². The highest BCUT2D eigenvalue weighted by Crippen LogP contribution is 2.29. The van der Waals surface area contributed by atoms with Gasteiger partial charge in [0.1, 0.15) is 0 Å². The summed E-state index contributed by atoms with van der Waals surface area (Å²) in [5.41, 5.74) is 1.04. The van der Waals surface area contributed by atoms with Crippen molar-refractivity contribution in [3.63, 3.8) is 0 Å². The van der Waals surface area contributed by atoms with Gasteiger partial charge >= 0.3 is 0 Å². The zero-order chi connectivity index (χ0) is 12.5. The summed E-state index contributed by atoms with van der Waals surface area (Å²) in [6, 6.07) is 16.9. The van der Waals surface area contributed by atoms with E-state index in [9.17, 15) is 4.79 Å². The molecular weight excluding hydrogens is 264 g/mol. The van der Waals surface area contributed by atoms with Crippen LogP contribution in [0.4, 0.5) is 0 Å². The third kappa shape index (κ3) is 2.05. The molecule has 0 saturated heterocycles. The van der Waals surface area contributed by atoms with Crippen LogP contribution in [0.15, 0.2) is 59.4 Å². The van der Waals surface area contributed by atoms with Crippen molar-refractivity contribution in [3.8, 4) is 10.4 Å². The first kappa shape index (κ1) is 11.5. The molecule has 0 amide bonds. The Bertz CT molecular complexity index is 777. The van der Waals surface area contributed by atoms with E-state index in [1.54, 1.807) is 17.4 Å². The molecule has 3 rings (SSSR count). The second-order valence-electron chi connectivity index (χ2n) is 3.98. The molecule has 0 atom stereocenters. The quantitative estimate of drug-likeness (QED) is 0.634. The van der Waals surface area contributed by atoms with E-state index in [1.807, 2.05) is 48.5 Å². The number of hydrogen-bond acceptors (Lipinski definition) is 2. The Morgan fingerprint density at radius 3 is 2.61 bits per heavy atom. The van der Waals surface area contributed by atoms with Crippen LogP contribution in [0.1, 0.15) is 0 Å². The molecule has 1 nitrogen and oxygen atoms in total. The fourth-order valence-corrected chi connectivity index (χ4v) is 3.15. The zero-order valence-corrected chi connectivity index (χ0v) is 11.0. The van der Waals surface area contributed by atoms with Crippen LogP contribution in [0, 0.1) is 0 Å². The third-order valence-corrected chi connectivity index (χ3v) is 4.13. The Labute approximate surface area is 113 Å². The molecule has 18 heavy (non-hydrogen) atoms. The molecule has 0 unspecified atom stereocenters. The van der Waals surface area contributed by atoms with Gasteiger partial charge in [-0.25, -0.2) is 0 Å². The summed E-state index contributed by atoms with van der Waals surface area (Å²) in [7, 11) is 0. The molecule has 0 aliphatic carbocycles. The van der Waals surface area contributed by atoms with Gasteiger partial charge in [0, 0.05) is 26.1 Å². The summed E-state index contributed by atoms with van der Waals surface area (Å²) in [6.07, 6.45) is 0. The molecule has 3 heteroatoms. The summed E-state index contributed by atoms with van der Waals surface area (Å²) in [6.45, 7) is 0. The SMILES string of the molecule is O=c1cc(-c2cccc(Cl)c2)sc2ccccc12. The van der Waals surface area contributed by atoms with Gasteiger partial charge in [-0.2, -0.15) is 0 Å². The lowest BCUT2D eigenvalue weighted by Crippen LogP contribution is -1.98. The van der Waals surface area contributed by atoms with Crippen LogP contribution >= 0.6 is 22.9 Å². The lowest BCUT2D eigenvalue weighted by molar-refractivity contribution is 1.66. The first-order valence-electron chi connectivity index (χ1n) is 5.53. The van der Waals surface area contributed by atoms with Gasteiger partial charge in [0.2, 0.25) is 0 Å². The van der Waals surface area contributed by atoms with E-state index < -0.39 is 0 Å². The molecule has 0 saturated carbocycles. The maximum absolute atomic E-state index is 12.0. The molecular formula is C15H9ClOS. The number of halogens is 1. The number of benzene rings is 2. The first-order chi connectivity index (χ1) is 8.74. The maximum atomic E-state index is 12.0. The number of hydrogen-bond donors (Lipinski definition) is 0. The van der Waals surface area contributed by atoms with Gasteiger partial charge in [0.25, 0.3) is 0 Å². The Hall–Kier alpha value is -1.64. The van der Waals surface area contributed by atoms with Crippen LogP contribution in [0.2, 0.25) is 5.02 Å². The van der Waals surface area contributed by atoms with Crippen molar-refractivity contribution in [2.45, 2.75) is 0 Å². The normalized spacial score (nSPS) is 10.7. The van der Waals surface area contributed by atoms with E-state index in [4.69, 9.17) is 11.6 Å². The summed E-state index contributed by atoms with van der Waals surface area (Å²) in [5, 5.41) is 1.45. The van der Waals surface area contributed by atoms with Gasteiger partial charge in [-0.3, -0.25) is 4.79 Å². The van der Waals surface area contributed by atoms with Gasteiger partial charge in [0.15, 0.2) is 5.43 Å². The molecule has 3 aromatic rings. The van der Waals surface area contributed by atoms with E-state index in [0.717, 1.165) is 20.5 Å². The second kappa shape index (κ2) is 4.56. The summed E-state index contributed by atoms with van der Waals surface area (Å²) < 4.78 is 1.000. The average Bonchev–Trinajstić information content (AvgIpc) is 2.39. The van der Waals surface area contributed by atoms with Crippen LogP contribution in [0.5, 0.6) is 0 Å². The number of rotatable bonds is 1. The van der Waals surface area contributed by atoms with Crippen molar-refractivity contribution < 1.29 is 0 Å². The Morgan fingerprint density at radius 1 is 0.944 bits per heavy atom. The monoisotopic (exact) mass is 272 g/mol. The highest BCUT2D eigenvalue weighted by Gasteiger charge is 2.04. The molecule has 1 heterocycles. The van der Waals surface area contributed by atoms with Crippen LogP contribution in [0.3, 0.4) is 0 Å². The van der Waals surface area contributed by atoms with Gasteiger partial charge in [-0.05, 0) is 29.8 Å². The Kier molecular flexibility index (Phi) is 2.90. The fraction of sp³-hybridized carbons (Fsp3) is 0. The van der Waals surface area contributed by atoms with Crippen LogP contribution in [0.25, 0.3) is 20.5 Å². The van der Waals surface area contributed by atoms with Crippen molar-refractivity contribution >= 4 is 33.0 Å².